The molecule has 36 heavy (non-hydrogen) atoms. The van der Waals surface area contributed by atoms with Gasteiger partial charge in [-0.25, -0.2) is 18.7 Å². The zero-order valence-corrected chi connectivity index (χ0v) is 21.0. The number of hydrogen-bond acceptors (Lipinski definition) is 7. The topological polar surface area (TPSA) is 75.0 Å². The molecular formula is C27H29F2N5OS. The first-order valence-corrected chi connectivity index (χ1v) is 13.9. The van der Waals surface area contributed by atoms with Gasteiger partial charge in [-0.1, -0.05) is 18.9 Å². The number of benzene rings is 1. The smallest absolute Gasteiger partial charge is 0.185 e. The van der Waals surface area contributed by atoms with Gasteiger partial charge in [0.15, 0.2) is 11.6 Å². The van der Waals surface area contributed by atoms with Gasteiger partial charge in [-0.05, 0) is 74.0 Å². The maximum atomic E-state index is 15.5. The molecule has 9 heteroatoms. The highest BCUT2D eigenvalue weighted by atomic mass is 32.2. The fourth-order valence-electron chi connectivity index (χ4n) is 6.02. The Morgan fingerprint density at radius 1 is 1.00 bits per heavy atom. The summed E-state index contributed by atoms with van der Waals surface area (Å²) in [5.41, 5.74) is 1.31. The summed E-state index contributed by atoms with van der Waals surface area (Å²) in [4.78, 5) is 10.7. The van der Waals surface area contributed by atoms with Crippen LogP contribution >= 0.6 is 11.8 Å². The van der Waals surface area contributed by atoms with Gasteiger partial charge < -0.3 is 10.0 Å². The summed E-state index contributed by atoms with van der Waals surface area (Å²) in [5, 5.41) is 20.2. The third kappa shape index (κ3) is 4.42. The molecule has 1 aromatic carbocycles. The number of phenolic OH excluding ortho intramolecular Hbond substituents is 1. The highest BCUT2D eigenvalue weighted by Gasteiger charge is 2.46. The fraction of sp³-hybridized carbons (Fsp3) is 0.481. The minimum Gasteiger partial charge on any atom is -0.507 e. The number of hydrogen-bond donors (Lipinski definition) is 1. The highest BCUT2D eigenvalue weighted by Crippen LogP contribution is 2.46. The Bertz CT molecular complexity index is 1260. The van der Waals surface area contributed by atoms with Crippen LogP contribution in [0, 0.1) is 17.7 Å². The number of aromatic nitrogens is 4. The molecular weight excluding hydrogens is 480 g/mol. The maximum absolute atomic E-state index is 15.5. The van der Waals surface area contributed by atoms with E-state index < -0.39 is 12.0 Å². The van der Waals surface area contributed by atoms with Crippen molar-refractivity contribution in [2.24, 2.45) is 11.8 Å². The lowest BCUT2D eigenvalue weighted by molar-refractivity contribution is 0.0631. The predicted molar refractivity (Wildman–Crippen MR) is 136 cm³/mol. The molecule has 4 atom stereocenters. The summed E-state index contributed by atoms with van der Waals surface area (Å²) in [7, 11) is 0. The Kier molecular flexibility index (Phi) is 6.27. The third-order valence-electron chi connectivity index (χ3n) is 7.92. The number of anilines is 1. The second-order valence-electron chi connectivity index (χ2n) is 10.3. The van der Waals surface area contributed by atoms with E-state index >= 15 is 4.39 Å². The summed E-state index contributed by atoms with van der Waals surface area (Å²) in [6, 6.07) is 6.67. The molecule has 6 nitrogen and oxygen atoms in total. The van der Waals surface area contributed by atoms with E-state index in [1.807, 2.05) is 6.26 Å². The van der Waals surface area contributed by atoms with E-state index in [2.05, 4.69) is 25.1 Å². The molecule has 2 bridgehead atoms. The fourth-order valence-corrected chi connectivity index (χ4v) is 6.41. The summed E-state index contributed by atoms with van der Waals surface area (Å²) >= 11 is 1.42. The number of aromatic hydroxyl groups is 1. The van der Waals surface area contributed by atoms with Gasteiger partial charge in [0, 0.05) is 11.6 Å². The van der Waals surface area contributed by atoms with Gasteiger partial charge in [0.1, 0.15) is 17.7 Å². The molecule has 3 aromatic rings. The SMILES string of the molecule is CSc1cc(-c2ccc(-c3ncc(N(C4CC4)[C@H]4C[C@@H]5CCC[C@@H](C5)[C@H]4F)nn3)c(O)c2)c(F)cn1. The van der Waals surface area contributed by atoms with Crippen molar-refractivity contribution in [1.29, 1.82) is 0 Å². The van der Waals surface area contributed by atoms with Crippen molar-refractivity contribution in [2.45, 2.75) is 68.2 Å². The van der Waals surface area contributed by atoms with Crippen LogP contribution in [0.5, 0.6) is 5.75 Å². The van der Waals surface area contributed by atoms with Crippen LogP contribution in [0.3, 0.4) is 0 Å². The van der Waals surface area contributed by atoms with E-state index in [1.165, 1.54) is 30.4 Å². The van der Waals surface area contributed by atoms with Gasteiger partial charge in [-0.2, -0.15) is 0 Å². The van der Waals surface area contributed by atoms with Crippen LogP contribution in [0.15, 0.2) is 41.7 Å². The van der Waals surface area contributed by atoms with Gasteiger partial charge in [0.25, 0.3) is 0 Å². The van der Waals surface area contributed by atoms with Crippen molar-refractivity contribution < 1.29 is 13.9 Å². The molecule has 0 spiro atoms. The molecule has 188 valence electrons. The van der Waals surface area contributed by atoms with Crippen molar-refractivity contribution in [2.75, 3.05) is 11.2 Å². The molecule has 2 heterocycles. The minimum absolute atomic E-state index is 0.0630. The monoisotopic (exact) mass is 509 g/mol. The number of phenols is 1. The van der Waals surface area contributed by atoms with Crippen molar-refractivity contribution in [1.82, 2.24) is 20.2 Å². The number of thioether (sulfide) groups is 1. The molecule has 0 aliphatic heterocycles. The van der Waals surface area contributed by atoms with Crippen LogP contribution in [0.25, 0.3) is 22.5 Å². The van der Waals surface area contributed by atoms with Gasteiger partial charge >= 0.3 is 0 Å². The lowest BCUT2D eigenvalue weighted by atomic mass is 9.69. The van der Waals surface area contributed by atoms with Gasteiger partial charge in [-0.15, -0.1) is 22.0 Å². The number of pyridine rings is 1. The average Bonchev–Trinajstić information content (AvgIpc) is 3.73. The molecule has 3 fully saturated rings. The standard InChI is InChI=1S/C27H29F2N5OS/c1-36-25-12-20(21(28)13-30-25)16-5-8-19(23(35)11-16)27-31-14-24(32-33-27)34(18-6-7-18)22-10-15-3-2-4-17(9-15)26(22)29/h5,8,11-15,17-18,22,26,35H,2-4,6-7,9-10H2,1H3/t15-,17+,22+,26-/m1/s1. The van der Waals surface area contributed by atoms with E-state index in [-0.39, 0.29) is 23.5 Å². The second-order valence-corrected chi connectivity index (χ2v) is 11.1. The first-order chi connectivity index (χ1) is 17.5. The van der Waals surface area contributed by atoms with Crippen molar-refractivity contribution >= 4 is 17.6 Å². The molecule has 0 saturated heterocycles. The molecule has 0 radical (unpaired) electrons. The largest absolute Gasteiger partial charge is 0.507 e. The van der Waals surface area contributed by atoms with Crippen LogP contribution in [0.1, 0.15) is 44.9 Å². The van der Waals surface area contributed by atoms with Crippen LogP contribution in [0.2, 0.25) is 0 Å². The maximum Gasteiger partial charge on any atom is 0.185 e. The van der Waals surface area contributed by atoms with Crippen LogP contribution in [0.4, 0.5) is 14.6 Å². The zero-order chi connectivity index (χ0) is 24.8. The first kappa shape index (κ1) is 23.6. The number of fused-ring (bicyclic) bond motifs is 2. The Morgan fingerprint density at radius 2 is 1.86 bits per heavy atom. The molecule has 1 N–H and O–H groups in total. The molecule has 3 aliphatic carbocycles. The normalized spacial score (nSPS) is 25.5. The lowest BCUT2D eigenvalue weighted by Gasteiger charge is -2.46. The lowest BCUT2D eigenvalue weighted by Crippen LogP contribution is -2.52. The summed E-state index contributed by atoms with van der Waals surface area (Å²) in [6.45, 7) is 0. The molecule has 0 amide bonds. The van der Waals surface area contributed by atoms with Gasteiger partial charge in [0.2, 0.25) is 0 Å². The first-order valence-electron chi connectivity index (χ1n) is 12.7. The minimum atomic E-state index is -0.847. The summed E-state index contributed by atoms with van der Waals surface area (Å²) < 4.78 is 29.9. The molecule has 2 aromatic heterocycles. The van der Waals surface area contributed by atoms with E-state index in [0.717, 1.165) is 38.5 Å². The van der Waals surface area contributed by atoms with Gasteiger partial charge in [-0.3, -0.25) is 0 Å². The van der Waals surface area contributed by atoms with Crippen molar-refractivity contribution in [3.63, 3.8) is 0 Å². The molecule has 6 rings (SSSR count). The summed E-state index contributed by atoms with van der Waals surface area (Å²) in [6.07, 6.45) is 11.1. The number of nitrogens with zero attached hydrogens (tertiary/aromatic N) is 5. The Hall–Kier alpha value is -2.81. The van der Waals surface area contributed by atoms with E-state index in [1.54, 1.807) is 24.4 Å². The molecule has 3 aliphatic rings. The van der Waals surface area contributed by atoms with Crippen molar-refractivity contribution in [3.05, 3.63) is 42.5 Å². The molecule has 3 saturated carbocycles. The quantitative estimate of drug-likeness (QED) is 0.405. The number of alkyl halides is 1. The molecule has 0 unspecified atom stereocenters. The summed E-state index contributed by atoms with van der Waals surface area (Å²) in [5.74, 6) is 1.10. The van der Waals surface area contributed by atoms with Gasteiger partial charge in [0.05, 0.1) is 29.0 Å². The second kappa shape index (κ2) is 9.57. The third-order valence-corrected chi connectivity index (χ3v) is 8.56. The van der Waals surface area contributed by atoms with Crippen LogP contribution < -0.4 is 4.90 Å². The zero-order valence-electron chi connectivity index (χ0n) is 20.1. The Balaban J connectivity index is 1.26. The van der Waals surface area contributed by atoms with Crippen LogP contribution in [-0.4, -0.2) is 49.8 Å². The average molecular weight is 510 g/mol. The van der Waals surface area contributed by atoms with E-state index in [9.17, 15) is 9.50 Å². The number of halogens is 2. The highest BCUT2D eigenvalue weighted by molar-refractivity contribution is 7.98. The Labute approximate surface area is 213 Å². The number of rotatable bonds is 6. The predicted octanol–water partition coefficient (Wildman–Crippen LogP) is 6.05. The van der Waals surface area contributed by atoms with E-state index in [0.29, 0.717) is 39.5 Å². The van der Waals surface area contributed by atoms with Crippen LogP contribution in [-0.2, 0) is 0 Å². The Morgan fingerprint density at radius 3 is 2.58 bits per heavy atom. The van der Waals surface area contributed by atoms with Crippen molar-refractivity contribution in [3.8, 4) is 28.3 Å². The van der Waals surface area contributed by atoms with E-state index in [4.69, 9.17) is 0 Å².